The van der Waals surface area contributed by atoms with E-state index < -0.39 is 0 Å². The predicted molar refractivity (Wildman–Crippen MR) is 97.3 cm³/mol. The maximum atomic E-state index is 4.41. The highest BCUT2D eigenvalue weighted by Crippen LogP contribution is 2.12. The van der Waals surface area contributed by atoms with Crippen LogP contribution in [0.15, 0.2) is 35.3 Å². The molecule has 1 aliphatic heterocycles. The summed E-state index contributed by atoms with van der Waals surface area (Å²) in [5.41, 5.74) is 1.30. The molecular formula is C15H25IN4. The predicted octanol–water partition coefficient (Wildman–Crippen LogP) is 2.46. The van der Waals surface area contributed by atoms with Crippen LogP contribution in [0.2, 0.25) is 0 Å². The van der Waals surface area contributed by atoms with Crippen LogP contribution >= 0.6 is 24.0 Å². The molecule has 1 aromatic rings. The van der Waals surface area contributed by atoms with Crippen LogP contribution in [0.3, 0.4) is 0 Å². The van der Waals surface area contributed by atoms with Crippen molar-refractivity contribution in [2.24, 2.45) is 4.99 Å². The molecule has 0 amide bonds. The molecule has 5 heteroatoms. The van der Waals surface area contributed by atoms with Gasteiger partial charge < -0.3 is 15.5 Å². The summed E-state index contributed by atoms with van der Waals surface area (Å²) in [7, 11) is 0. The van der Waals surface area contributed by atoms with E-state index in [1.54, 1.807) is 0 Å². The van der Waals surface area contributed by atoms with Gasteiger partial charge in [0.25, 0.3) is 0 Å². The van der Waals surface area contributed by atoms with Gasteiger partial charge >= 0.3 is 0 Å². The Kier molecular flexibility index (Phi) is 8.41. The maximum absolute atomic E-state index is 4.41. The number of hydrogen-bond donors (Lipinski definition) is 2. The zero-order valence-corrected chi connectivity index (χ0v) is 14.5. The molecule has 1 aliphatic rings. The minimum Gasteiger partial charge on any atom is -0.372 e. The normalized spacial score (nSPS) is 13.8. The van der Waals surface area contributed by atoms with Crippen LogP contribution in [0.5, 0.6) is 0 Å². The maximum Gasteiger partial charge on any atom is 0.191 e. The zero-order valence-electron chi connectivity index (χ0n) is 12.1. The largest absolute Gasteiger partial charge is 0.372 e. The number of nitrogens with one attached hydrogen (secondary N) is 2. The number of nitrogens with zero attached hydrogens (tertiary/aromatic N) is 2. The highest BCUT2D eigenvalue weighted by molar-refractivity contribution is 14.0. The van der Waals surface area contributed by atoms with Gasteiger partial charge in [-0.3, -0.25) is 4.99 Å². The lowest BCUT2D eigenvalue weighted by Crippen LogP contribution is -2.41. The summed E-state index contributed by atoms with van der Waals surface area (Å²) >= 11 is 0. The van der Waals surface area contributed by atoms with Crippen molar-refractivity contribution in [2.75, 3.05) is 37.6 Å². The molecule has 0 unspecified atom stereocenters. The minimum absolute atomic E-state index is 0. The van der Waals surface area contributed by atoms with E-state index in [4.69, 9.17) is 0 Å². The second kappa shape index (κ2) is 9.85. The first kappa shape index (κ1) is 17.1. The molecule has 1 aromatic carbocycles. The summed E-state index contributed by atoms with van der Waals surface area (Å²) in [6.07, 6.45) is 2.26. The zero-order chi connectivity index (χ0) is 13.3. The third kappa shape index (κ3) is 5.56. The van der Waals surface area contributed by atoms with Crippen molar-refractivity contribution in [1.29, 1.82) is 0 Å². The van der Waals surface area contributed by atoms with Crippen LogP contribution in [0.1, 0.15) is 19.8 Å². The third-order valence-electron chi connectivity index (χ3n) is 3.30. The molecule has 0 radical (unpaired) electrons. The summed E-state index contributed by atoms with van der Waals surface area (Å²) in [4.78, 5) is 6.81. The summed E-state index contributed by atoms with van der Waals surface area (Å²) in [5, 5.41) is 6.64. The van der Waals surface area contributed by atoms with E-state index >= 15 is 0 Å². The molecule has 1 heterocycles. The summed E-state index contributed by atoms with van der Waals surface area (Å²) in [6, 6.07) is 10.6. The van der Waals surface area contributed by atoms with Crippen molar-refractivity contribution in [3.05, 3.63) is 30.3 Å². The first-order chi connectivity index (χ1) is 9.40. The molecule has 0 saturated carbocycles. The Morgan fingerprint density at radius 2 is 2.10 bits per heavy atom. The molecule has 20 heavy (non-hydrogen) atoms. The number of benzene rings is 1. The third-order valence-corrected chi connectivity index (χ3v) is 3.30. The summed E-state index contributed by atoms with van der Waals surface area (Å²) < 4.78 is 0. The van der Waals surface area contributed by atoms with Gasteiger partial charge in [-0.2, -0.15) is 0 Å². The van der Waals surface area contributed by atoms with Crippen LogP contribution in [0.25, 0.3) is 0 Å². The van der Waals surface area contributed by atoms with Crippen LogP contribution in [0, 0.1) is 0 Å². The van der Waals surface area contributed by atoms with Crippen molar-refractivity contribution in [1.82, 2.24) is 10.6 Å². The van der Waals surface area contributed by atoms with Crippen molar-refractivity contribution >= 4 is 35.6 Å². The monoisotopic (exact) mass is 388 g/mol. The number of rotatable bonds is 6. The fourth-order valence-corrected chi connectivity index (χ4v) is 2.24. The Bertz CT molecular complexity index is 394. The van der Waals surface area contributed by atoms with Gasteiger partial charge in [-0.05, 0) is 31.9 Å². The lowest BCUT2D eigenvalue weighted by molar-refractivity contribution is 0.675. The quantitative estimate of drug-likeness (QED) is 0.581. The van der Waals surface area contributed by atoms with E-state index in [-0.39, 0.29) is 24.0 Å². The highest BCUT2D eigenvalue weighted by atomic mass is 127. The van der Waals surface area contributed by atoms with E-state index in [1.807, 2.05) is 0 Å². The molecule has 0 fully saturated rings. The van der Waals surface area contributed by atoms with Gasteiger partial charge in [0.05, 0.1) is 0 Å². The van der Waals surface area contributed by atoms with Crippen LogP contribution < -0.4 is 15.5 Å². The second-order valence-electron chi connectivity index (χ2n) is 4.71. The van der Waals surface area contributed by atoms with E-state index in [9.17, 15) is 0 Å². The average molecular weight is 388 g/mol. The molecule has 4 nitrogen and oxygen atoms in total. The molecule has 0 bridgehead atoms. The van der Waals surface area contributed by atoms with Gasteiger partial charge in [0, 0.05) is 38.4 Å². The van der Waals surface area contributed by atoms with Crippen molar-refractivity contribution in [2.45, 2.75) is 19.8 Å². The van der Waals surface area contributed by atoms with Gasteiger partial charge in [0.1, 0.15) is 0 Å². The molecule has 112 valence electrons. The lowest BCUT2D eigenvalue weighted by Gasteiger charge is -2.23. The van der Waals surface area contributed by atoms with Crippen LogP contribution in [-0.2, 0) is 0 Å². The number of hydrogen-bond acceptors (Lipinski definition) is 4. The average Bonchev–Trinajstić information content (AvgIpc) is 2.49. The molecular weight excluding hydrogens is 363 g/mol. The van der Waals surface area contributed by atoms with Crippen LogP contribution in [0.4, 0.5) is 5.69 Å². The van der Waals surface area contributed by atoms with Crippen molar-refractivity contribution in [3.8, 4) is 0 Å². The number of para-hydroxylation sites is 1. The Morgan fingerprint density at radius 3 is 2.75 bits per heavy atom. The molecule has 0 atom stereocenters. The first-order valence-corrected chi connectivity index (χ1v) is 7.22. The number of anilines is 1. The Hall–Kier alpha value is -0.980. The highest BCUT2D eigenvalue weighted by Gasteiger charge is 2.04. The molecule has 0 saturated heterocycles. The van der Waals surface area contributed by atoms with Crippen molar-refractivity contribution in [3.63, 3.8) is 0 Å². The van der Waals surface area contributed by atoms with Gasteiger partial charge in [0.2, 0.25) is 0 Å². The summed E-state index contributed by atoms with van der Waals surface area (Å²) in [6.45, 7) is 7.27. The van der Waals surface area contributed by atoms with Crippen molar-refractivity contribution < 1.29 is 0 Å². The number of guanidine groups is 1. The SMILES string of the molecule is CCN(CCCNC1=NCCCN1)c1ccccc1.I. The number of halogens is 1. The van der Waals surface area contributed by atoms with E-state index in [2.05, 4.69) is 57.8 Å². The molecule has 2 rings (SSSR count). The molecule has 0 aromatic heterocycles. The number of aliphatic imine (C=N–C) groups is 1. The standard InChI is InChI=1S/C15H24N4.HI/c1-2-19(14-8-4-3-5-9-14)13-7-12-18-15-16-10-6-11-17-15;/h3-5,8-9H,2,6-7,10-13H2,1H3,(H2,16,17,18);1H. The Labute approximate surface area is 139 Å². The van der Waals surface area contributed by atoms with E-state index in [0.29, 0.717) is 0 Å². The summed E-state index contributed by atoms with van der Waals surface area (Å²) in [5.74, 6) is 0.967. The van der Waals surface area contributed by atoms with Gasteiger partial charge in [0.15, 0.2) is 5.96 Å². The smallest absolute Gasteiger partial charge is 0.191 e. The Morgan fingerprint density at radius 1 is 1.30 bits per heavy atom. The second-order valence-corrected chi connectivity index (χ2v) is 4.71. The van der Waals surface area contributed by atoms with Gasteiger partial charge in [-0.15, -0.1) is 24.0 Å². The lowest BCUT2D eigenvalue weighted by atomic mass is 10.2. The minimum atomic E-state index is 0. The molecule has 2 N–H and O–H groups in total. The van der Waals surface area contributed by atoms with Crippen LogP contribution in [-0.4, -0.2) is 38.7 Å². The molecule has 0 spiro atoms. The molecule has 0 aliphatic carbocycles. The van der Waals surface area contributed by atoms with E-state index in [0.717, 1.165) is 51.5 Å². The van der Waals surface area contributed by atoms with Gasteiger partial charge in [-0.25, -0.2) is 0 Å². The topological polar surface area (TPSA) is 39.7 Å². The van der Waals surface area contributed by atoms with Gasteiger partial charge in [-0.1, -0.05) is 18.2 Å². The first-order valence-electron chi connectivity index (χ1n) is 7.22. The van der Waals surface area contributed by atoms with E-state index in [1.165, 1.54) is 5.69 Å². The fourth-order valence-electron chi connectivity index (χ4n) is 2.24. The fraction of sp³-hybridized carbons (Fsp3) is 0.533. The Balaban J connectivity index is 0.00000200.